The first-order chi connectivity index (χ1) is 4.20. The second-order valence-electron chi connectivity index (χ2n) is 1.92. The van der Waals surface area contributed by atoms with Crippen molar-refractivity contribution in [1.29, 1.82) is 0 Å². The molecule has 0 aromatic rings. The summed E-state index contributed by atoms with van der Waals surface area (Å²) in [5.41, 5.74) is 1.20. The highest BCUT2D eigenvalue weighted by atomic mass is 16.1. The highest BCUT2D eigenvalue weighted by Gasteiger charge is 2.05. The molecule has 0 N–H and O–H groups in total. The number of nitrogens with zero attached hydrogens (tertiary/aromatic N) is 1. The zero-order chi connectivity index (χ0) is 6.85. The Balaban J connectivity index is 2.95. The Hall–Kier alpha value is -1.18. The van der Waals surface area contributed by atoms with Crippen LogP contribution in [0.25, 0.3) is 0 Å². The van der Waals surface area contributed by atoms with Crippen molar-refractivity contribution >= 4 is 11.6 Å². The molecule has 0 radical (unpaired) electrons. The summed E-state index contributed by atoms with van der Waals surface area (Å²) in [6.45, 7) is 5.26. The van der Waals surface area contributed by atoms with E-state index in [0.717, 1.165) is 5.71 Å². The van der Waals surface area contributed by atoms with Gasteiger partial charge in [0, 0.05) is 11.3 Å². The van der Waals surface area contributed by atoms with Crippen molar-refractivity contribution < 1.29 is 4.79 Å². The van der Waals surface area contributed by atoms with E-state index in [1.807, 2.05) is 0 Å². The Morgan fingerprint density at radius 1 is 1.56 bits per heavy atom. The van der Waals surface area contributed by atoms with E-state index in [4.69, 9.17) is 0 Å². The highest BCUT2D eigenvalue weighted by Crippen LogP contribution is 2.02. The Bertz CT molecular complexity index is 223. The number of carbonyl (C=O) groups excluding carboxylic acids is 1. The van der Waals surface area contributed by atoms with Crippen LogP contribution in [0.4, 0.5) is 0 Å². The minimum atomic E-state index is -0.227. The molecule has 9 heavy (non-hydrogen) atoms. The fourth-order valence-corrected chi connectivity index (χ4v) is 0.562. The van der Waals surface area contributed by atoms with E-state index in [1.165, 1.54) is 0 Å². The van der Waals surface area contributed by atoms with Gasteiger partial charge in [-0.25, -0.2) is 4.99 Å². The van der Waals surface area contributed by atoms with Gasteiger partial charge in [0.15, 0.2) is 0 Å². The number of allylic oxidation sites excluding steroid dienone is 1. The fraction of sp³-hybridized carbons (Fsp3) is 0.143. The van der Waals surface area contributed by atoms with Crippen molar-refractivity contribution in [3.63, 3.8) is 0 Å². The van der Waals surface area contributed by atoms with E-state index in [2.05, 4.69) is 11.6 Å². The third-order valence-electron chi connectivity index (χ3n) is 1.08. The smallest absolute Gasteiger partial charge is 0.267 e. The van der Waals surface area contributed by atoms with Crippen LogP contribution >= 0.6 is 0 Å². The molecule has 1 amide bonds. The van der Waals surface area contributed by atoms with Gasteiger partial charge in [0.25, 0.3) is 5.91 Å². The monoisotopic (exact) mass is 121 g/mol. The average Bonchev–Trinajstić information content (AvgIpc) is 1.80. The average molecular weight is 121 g/mol. The summed E-state index contributed by atoms with van der Waals surface area (Å²) in [6, 6.07) is 0. The fourth-order valence-electron chi connectivity index (χ4n) is 0.562. The molecule has 1 aliphatic rings. The SMILES string of the molecule is C=C1C=CC(C)=NC1=O. The lowest BCUT2D eigenvalue weighted by Gasteiger charge is -1.99. The van der Waals surface area contributed by atoms with E-state index in [9.17, 15) is 4.79 Å². The number of dihydropyridines is 1. The molecule has 1 rings (SSSR count). The molecule has 0 aromatic heterocycles. The lowest BCUT2D eigenvalue weighted by Crippen LogP contribution is -2.03. The van der Waals surface area contributed by atoms with Crippen LogP contribution in [0, 0.1) is 0 Å². The molecule has 0 saturated carbocycles. The standard InChI is InChI=1S/C7H7NO/c1-5-3-4-6(2)8-7(5)9/h3-4H,1H2,2H3. The summed E-state index contributed by atoms with van der Waals surface area (Å²) in [5.74, 6) is -0.227. The van der Waals surface area contributed by atoms with Gasteiger partial charge in [0.2, 0.25) is 0 Å². The zero-order valence-electron chi connectivity index (χ0n) is 5.22. The molecule has 0 aliphatic carbocycles. The highest BCUT2D eigenvalue weighted by molar-refractivity contribution is 6.11. The molecule has 1 heterocycles. The molecule has 46 valence electrons. The normalized spacial score (nSPS) is 18.1. The lowest BCUT2D eigenvalue weighted by molar-refractivity contribution is -0.114. The van der Waals surface area contributed by atoms with Gasteiger partial charge in [-0.05, 0) is 19.1 Å². The first kappa shape index (κ1) is 5.95. The minimum absolute atomic E-state index is 0.227. The molecule has 0 bridgehead atoms. The number of carbonyl (C=O) groups is 1. The zero-order valence-corrected chi connectivity index (χ0v) is 5.22. The van der Waals surface area contributed by atoms with Crippen molar-refractivity contribution in [3.8, 4) is 0 Å². The molecule has 1 aliphatic heterocycles. The van der Waals surface area contributed by atoms with E-state index in [1.54, 1.807) is 19.1 Å². The first-order valence-corrected chi connectivity index (χ1v) is 2.67. The Labute approximate surface area is 53.6 Å². The predicted molar refractivity (Wildman–Crippen MR) is 36.4 cm³/mol. The number of amides is 1. The van der Waals surface area contributed by atoms with Crippen LogP contribution in [0.1, 0.15) is 6.92 Å². The minimum Gasteiger partial charge on any atom is -0.267 e. The summed E-state index contributed by atoms with van der Waals surface area (Å²) in [6.07, 6.45) is 3.44. The summed E-state index contributed by atoms with van der Waals surface area (Å²) < 4.78 is 0. The first-order valence-electron chi connectivity index (χ1n) is 2.67. The van der Waals surface area contributed by atoms with Crippen LogP contribution in [0.15, 0.2) is 29.3 Å². The van der Waals surface area contributed by atoms with Crippen molar-refractivity contribution in [1.82, 2.24) is 0 Å². The summed E-state index contributed by atoms with van der Waals surface area (Å²) in [5, 5.41) is 0. The van der Waals surface area contributed by atoms with Gasteiger partial charge in [0.1, 0.15) is 0 Å². The number of hydrogen-bond donors (Lipinski definition) is 0. The third kappa shape index (κ3) is 1.13. The molecule has 0 atom stereocenters. The summed E-state index contributed by atoms with van der Waals surface area (Å²) in [7, 11) is 0. The van der Waals surface area contributed by atoms with Gasteiger partial charge in [0.05, 0.1) is 0 Å². The largest absolute Gasteiger partial charge is 0.276 e. The van der Waals surface area contributed by atoms with E-state index in [-0.39, 0.29) is 5.91 Å². The van der Waals surface area contributed by atoms with Crippen molar-refractivity contribution in [3.05, 3.63) is 24.3 Å². The van der Waals surface area contributed by atoms with Gasteiger partial charge in [-0.2, -0.15) is 0 Å². The van der Waals surface area contributed by atoms with Crippen LogP contribution in [0.3, 0.4) is 0 Å². The lowest BCUT2D eigenvalue weighted by atomic mass is 10.2. The van der Waals surface area contributed by atoms with Crippen molar-refractivity contribution in [2.45, 2.75) is 6.92 Å². The molecule has 2 heteroatoms. The number of rotatable bonds is 0. The maximum Gasteiger partial charge on any atom is 0.276 e. The Kier molecular flexibility index (Phi) is 1.30. The quantitative estimate of drug-likeness (QED) is 0.441. The van der Waals surface area contributed by atoms with E-state index >= 15 is 0 Å². The molecule has 0 fully saturated rings. The molecule has 2 nitrogen and oxygen atoms in total. The van der Waals surface area contributed by atoms with E-state index < -0.39 is 0 Å². The Morgan fingerprint density at radius 3 is 2.67 bits per heavy atom. The summed E-state index contributed by atoms with van der Waals surface area (Å²) in [4.78, 5) is 14.3. The van der Waals surface area contributed by atoms with Gasteiger partial charge in [-0.1, -0.05) is 6.58 Å². The molecular formula is C7H7NO. The second-order valence-corrected chi connectivity index (χ2v) is 1.92. The van der Waals surface area contributed by atoms with Crippen LogP contribution in [0.2, 0.25) is 0 Å². The Morgan fingerprint density at radius 2 is 2.22 bits per heavy atom. The van der Waals surface area contributed by atoms with Crippen LogP contribution in [-0.4, -0.2) is 11.6 Å². The molecule has 0 aromatic carbocycles. The van der Waals surface area contributed by atoms with Crippen LogP contribution in [-0.2, 0) is 4.79 Å². The van der Waals surface area contributed by atoms with Gasteiger partial charge < -0.3 is 0 Å². The van der Waals surface area contributed by atoms with Crippen molar-refractivity contribution in [2.75, 3.05) is 0 Å². The predicted octanol–water partition coefficient (Wildman–Crippen LogP) is 1.10. The molecular weight excluding hydrogens is 114 g/mol. The molecule has 0 saturated heterocycles. The summed E-state index contributed by atoms with van der Waals surface area (Å²) >= 11 is 0. The number of aliphatic imine (C=N–C) groups is 1. The van der Waals surface area contributed by atoms with Gasteiger partial charge in [-0.15, -0.1) is 0 Å². The van der Waals surface area contributed by atoms with E-state index in [0.29, 0.717) is 5.57 Å². The topological polar surface area (TPSA) is 29.4 Å². The third-order valence-corrected chi connectivity index (χ3v) is 1.08. The molecule has 0 spiro atoms. The van der Waals surface area contributed by atoms with Crippen molar-refractivity contribution in [2.24, 2.45) is 4.99 Å². The number of hydrogen-bond acceptors (Lipinski definition) is 1. The second kappa shape index (κ2) is 1.97. The van der Waals surface area contributed by atoms with Gasteiger partial charge in [-0.3, -0.25) is 4.79 Å². The van der Waals surface area contributed by atoms with Gasteiger partial charge >= 0.3 is 0 Å². The van der Waals surface area contributed by atoms with Crippen LogP contribution in [0.5, 0.6) is 0 Å². The maximum absolute atomic E-state index is 10.7. The molecule has 0 unspecified atom stereocenters. The maximum atomic E-state index is 10.7. The van der Waals surface area contributed by atoms with Crippen LogP contribution < -0.4 is 0 Å².